The van der Waals surface area contributed by atoms with Crippen LogP contribution in [0.3, 0.4) is 0 Å². The van der Waals surface area contributed by atoms with Crippen molar-refractivity contribution in [1.82, 2.24) is 9.55 Å². The summed E-state index contributed by atoms with van der Waals surface area (Å²) in [6, 6.07) is 13.8. The topological polar surface area (TPSA) is 64.4 Å². The molecule has 46 heavy (non-hydrogen) atoms. The van der Waals surface area contributed by atoms with Crippen molar-refractivity contribution >= 4 is 11.9 Å². The third-order valence-corrected chi connectivity index (χ3v) is 7.62. The molecule has 0 N–H and O–H groups in total. The van der Waals surface area contributed by atoms with Gasteiger partial charge in [-0.1, -0.05) is 48.5 Å². The number of alkyl halides is 9. The van der Waals surface area contributed by atoms with Crippen molar-refractivity contribution in [2.75, 3.05) is 12.0 Å². The first-order valence-electron chi connectivity index (χ1n) is 13.4. The lowest BCUT2D eigenvalue weighted by Crippen LogP contribution is -2.49. The highest BCUT2D eigenvalue weighted by atomic mass is 19.4. The smallest absolute Gasteiger partial charge is 0.433 e. The van der Waals surface area contributed by atoms with Gasteiger partial charge in [0.2, 0.25) is 5.95 Å². The number of fused-ring (bicyclic) bond motifs is 1. The van der Waals surface area contributed by atoms with E-state index in [1.165, 1.54) is 43.5 Å². The standard InChI is InChI=1S/C31H22F9N3O3/c1-46-21-12-10-18(11-13-21)17-42-26(45)28(15-19-6-2-4-8-22(19)29(32,33)34,16-20-7-3-5-9-23(20)30(35,36)37)43-25(44)14-24(31(38,39)40)41-27(42)43/h2-14H,15-17H2,1H3. The van der Waals surface area contributed by atoms with E-state index in [-0.39, 0.29) is 11.6 Å². The molecule has 1 aliphatic heterocycles. The molecular formula is C31H22F9N3O3. The Bertz CT molecular complexity index is 1770. The summed E-state index contributed by atoms with van der Waals surface area (Å²) in [5.74, 6) is -1.72. The number of rotatable bonds is 7. The molecule has 0 spiro atoms. The lowest BCUT2D eigenvalue weighted by Gasteiger charge is -2.31. The number of aromatic nitrogens is 2. The molecule has 3 aromatic carbocycles. The Hall–Kier alpha value is -4.82. The second kappa shape index (κ2) is 11.5. The van der Waals surface area contributed by atoms with E-state index in [9.17, 15) is 49.1 Å². The monoisotopic (exact) mass is 655 g/mol. The number of carbonyl (C=O) groups is 1. The van der Waals surface area contributed by atoms with Crippen LogP contribution < -0.4 is 15.2 Å². The summed E-state index contributed by atoms with van der Waals surface area (Å²) in [6.07, 6.45) is -17.2. The molecule has 0 bridgehead atoms. The fourth-order valence-electron chi connectivity index (χ4n) is 5.60. The van der Waals surface area contributed by atoms with Crippen molar-refractivity contribution in [3.05, 3.63) is 123 Å². The summed E-state index contributed by atoms with van der Waals surface area (Å²) in [4.78, 5) is 32.3. The highest BCUT2D eigenvalue weighted by molar-refractivity contribution is 6.02. The molecule has 242 valence electrons. The van der Waals surface area contributed by atoms with Crippen molar-refractivity contribution in [3.63, 3.8) is 0 Å². The van der Waals surface area contributed by atoms with Gasteiger partial charge in [-0.15, -0.1) is 0 Å². The number of benzene rings is 3. The fraction of sp³-hybridized carbons (Fsp3) is 0.258. The molecule has 2 heterocycles. The van der Waals surface area contributed by atoms with E-state index in [4.69, 9.17) is 4.74 Å². The van der Waals surface area contributed by atoms with Gasteiger partial charge in [0, 0.05) is 18.9 Å². The fourth-order valence-corrected chi connectivity index (χ4v) is 5.60. The largest absolute Gasteiger partial charge is 0.497 e. The zero-order valence-electron chi connectivity index (χ0n) is 23.6. The van der Waals surface area contributed by atoms with Gasteiger partial charge in [-0.3, -0.25) is 19.1 Å². The van der Waals surface area contributed by atoms with Gasteiger partial charge in [0.15, 0.2) is 5.69 Å². The number of carbonyl (C=O) groups excluding carboxylic acids is 1. The van der Waals surface area contributed by atoms with Crippen molar-refractivity contribution in [1.29, 1.82) is 0 Å². The number of hydrogen-bond acceptors (Lipinski definition) is 4. The van der Waals surface area contributed by atoms with Gasteiger partial charge >= 0.3 is 18.5 Å². The van der Waals surface area contributed by atoms with Crippen LogP contribution in [0.25, 0.3) is 0 Å². The molecule has 5 rings (SSSR count). The second-order valence-electron chi connectivity index (χ2n) is 10.5. The molecule has 0 radical (unpaired) electrons. The summed E-state index contributed by atoms with van der Waals surface area (Å²) in [5, 5.41) is 0. The first-order valence-corrected chi connectivity index (χ1v) is 13.4. The van der Waals surface area contributed by atoms with Crippen LogP contribution in [-0.2, 0) is 48.2 Å². The first-order chi connectivity index (χ1) is 21.5. The van der Waals surface area contributed by atoms with Gasteiger partial charge in [-0.2, -0.15) is 39.5 Å². The van der Waals surface area contributed by atoms with Gasteiger partial charge < -0.3 is 4.74 Å². The Morgan fingerprint density at radius 2 is 1.22 bits per heavy atom. The number of ether oxygens (including phenoxy) is 1. The van der Waals surface area contributed by atoms with Crippen LogP contribution in [0.1, 0.15) is 33.5 Å². The molecular weight excluding hydrogens is 633 g/mol. The van der Waals surface area contributed by atoms with Crippen LogP contribution in [0.4, 0.5) is 45.5 Å². The molecule has 0 saturated carbocycles. The van der Waals surface area contributed by atoms with Crippen LogP contribution in [0.2, 0.25) is 0 Å². The Labute approximate surface area is 254 Å². The van der Waals surface area contributed by atoms with E-state index in [1.807, 2.05) is 0 Å². The van der Waals surface area contributed by atoms with E-state index >= 15 is 0 Å². The molecule has 6 nitrogen and oxygen atoms in total. The van der Waals surface area contributed by atoms with Crippen LogP contribution >= 0.6 is 0 Å². The minimum absolute atomic E-state index is 0.0632. The maximum Gasteiger partial charge on any atom is 0.433 e. The molecule has 0 unspecified atom stereocenters. The van der Waals surface area contributed by atoms with Crippen molar-refractivity contribution in [2.45, 2.75) is 43.5 Å². The van der Waals surface area contributed by atoms with Gasteiger partial charge in [0.05, 0.1) is 24.8 Å². The van der Waals surface area contributed by atoms with Crippen molar-refractivity contribution < 1.29 is 49.0 Å². The summed E-state index contributed by atoms with van der Waals surface area (Å²) in [6.45, 7) is -0.528. The number of halogens is 9. The maximum atomic E-state index is 14.5. The predicted octanol–water partition coefficient (Wildman–Crippen LogP) is 7.04. The molecule has 0 aliphatic carbocycles. The summed E-state index contributed by atoms with van der Waals surface area (Å²) in [7, 11) is 1.37. The van der Waals surface area contributed by atoms with Crippen molar-refractivity contribution in [2.24, 2.45) is 0 Å². The van der Waals surface area contributed by atoms with Gasteiger partial charge in [0.25, 0.3) is 11.5 Å². The van der Waals surface area contributed by atoms with E-state index in [0.717, 1.165) is 24.3 Å². The molecule has 1 aromatic heterocycles. The quantitative estimate of drug-likeness (QED) is 0.201. The lowest BCUT2D eigenvalue weighted by molar-refractivity contribution is -0.141. The lowest BCUT2D eigenvalue weighted by atomic mass is 9.81. The van der Waals surface area contributed by atoms with Crippen LogP contribution in [-0.4, -0.2) is 22.6 Å². The Morgan fingerprint density at radius 3 is 1.67 bits per heavy atom. The van der Waals surface area contributed by atoms with E-state index < -0.39 is 88.8 Å². The van der Waals surface area contributed by atoms with Crippen LogP contribution in [0, 0.1) is 0 Å². The molecule has 0 fully saturated rings. The van der Waals surface area contributed by atoms with Gasteiger partial charge in [-0.25, -0.2) is 4.98 Å². The Kier molecular flexibility index (Phi) is 8.15. The average molecular weight is 656 g/mol. The Balaban J connectivity index is 1.81. The minimum Gasteiger partial charge on any atom is -0.497 e. The minimum atomic E-state index is -5.18. The van der Waals surface area contributed by atoms with E-state index in [2.05, 4.69) is 4.98 Å². The molecule has 0 saturated heterocycles. The first kappa shape index (κ1) is 32.6. The zero-order chi connectivity index (χ0) is 33.7. The molecule has 1 aliphatic rings. The van der Waals surface area contributed by atoms with Crippen molar-refractivity contribution in [3.8, 4) is 5.75 Å². The molecule has 0 atom stereocenters. The Morgan fingerprint density at radius 1 is 0.717 bits per heavy atom. The third-order valence-electron chi connectivity index (χ3n) is 7.62. The zero-order valence-corrected chi connectivity index (χ0v) is 23.6. The van der Waals surface area contributed by atoms with E-state index in [0.29, 0.717) is 27.3 Å². The predicted molar refractivity (Wildman–Crippen MR) is 146 cm³/mol. The molecule has 1 amide bonds. The number of hydrogen-bond donors (Lipinski definition) is 0. The average Bonchev–Trinajstić information content (AvgIpc) is 3.19. The summed E-state index contributed by atoms with van der Waals surface area (Å²) >= 11 is 0. The molecule has 15 heteroatoms. The highest BCUT2D eigenvalue weighted by Crippen LogP contribution is 2.44. The SMILES string of the molecule is COc1ccc(CN2C(=O)C(Cc3ccccc3C(F)(F)F)(Cc3ccccc3C(F)(F)F)n3c2nc(C(F)(F)F)cc3=O)cc1. The van der Waals surface area contributed by atoms with Gasteiger partial charge in [-0.05, 0) is 41.0 Å². The third kappa shape index (κ3) is 6.05. The number of anilines is 1. The number of nitrogens with zero attached hydrogens (tertiary/aromatic N) is 3. The maximum absolute atomic E-state index is 14.5. The number of amides is 1. The summed E-state index contributed by atoms with van der Waals surface area (Å²) in [5.41, 5.74) is -9.12. The van der Waals surface area contributed by atoms with Gasteiger partial charge in [0.1, 0.15) is 11.3 Å². The van der Waals surface area contributed by atoms with Crippen LogP contribution in [0.15, 0.2) is 83.7 Å². The summed E-state index contributed by atoms with van der Waals surface area (Å²) < 4.78 is 132. The normalized spacial score (nSPS) is 14.8. The van der Waals surface area contributed by atoms with E-state index in [1.54, 1.807) is 0 Å². The highest BCUT2D eigenvalue weighted by Gasteiger charge is 2.55. The second-order valence-corrected chi connectivity index (χ2v) is 10.5. The number of methoxy groups -OCH3 is 1. The van der Waals surface area contributed by atoms with Crippen LogP contribution in [0.5, 0.6) is 5.75 Å². The molecule has 4 aromatic rings.